The average molecular weight is 247 g/mol. The average Bonchev–Trinajstić information content (AvgIpc) is 2.44. The lowest BCUT2D eigenvalue weighted by Gasteiger charge is -2.39. The van der Waals surface area contributed by atoms with Crippen molar-refractivity contribution in [3.63, 3.8) is 0 Å². The molecule has 0 aliphatic carbocycles. The highest BCUT2D eigenvalue weighted by molar-refractivity contribution is 5.36. The molecule has 1 heterocycles. The Hall–Kier alpha value is -1.02. The van der Waals surface area contributed by atoms with Crippen LogP contribution >= 0.6 is 0 Å². The summed E-state index contributed by atoms with van der Waals surface area (Å²) >= 11 is 0. The molecule has 0 aromatic heterocycles. The Morgan fingerprint density at radius 1 is 1.28 bits per heavy atom. The highest BCUT2D eigenvalue weighted by Crippen LogP contribution is 2.39. The Labute approximate surface area is 111 Å². The van der Waals surface area contributed by atoms with Crippen LogP contribution in [0, 0.1) is 11.3 Å². The van der Waals surface area contributed by atoms with Crippen molar-refractivity contribution in [2.24, 2.45) is 17.1 Å². The number of nitrogens with two attached hydrogens (primary N) is 1. The van der Waals surface area contributed by atoms with Crippen molar-refractivity contribution in [1.82, 2.24) is 0 Å². The van der Waals surface area contributed by atoms with E-state index in [0.717, 1.165) is 31.2 Å². The number of fused-ring (bicyclic) bond motifs is 1. The maximum atomic E-state index is 6.07. The summed E-state index contributed by atoms with van der Waals surface area (Å²) in [7, 11) is 0. The van der Waals surface area contributed by atoms with Crippen LogP contribution in [0.15, 0.2) is 24.3 Å². The number of hydrogen-bond acceptors (Lipinski definition) is 2. The molecule has 2 nitrogen and oxygen atoms in total. The van der Waals surface area contributed by atoms with Gasteiger partial charge < -0.3 is 10.5 Å². The highest BCUT2D eigenvalue weighted by Gasteiger charge is 2.36. The lowest BCUT2D eigenvalue weighted by atomic mass is 9.73. The lowest BCUT2D eigenvalue weighted by molar-refractivity contribution is 0.0957. The molecule has 1 atom stereocenters. The van der Waals surface area contributed by atoms with Gasteiger partial charge in [-0.05, 0) is 30.4 Å². The molecule has 2 heteroatoms. The van der Waals surface area contributed by atoms with Gasteiger partial charge in [-0.1, -0.05) is 44.9 Å². The third-order valence-corrected chi connectivity index (χ3v) is 4.38. The summed E-state index contributed by atoms with van der Waals surface area (Å²) in [6, 6.07) is 8.36. The van der Waals surface area contributed by atoms with E-state index in [-0.39, 0.29) is 5.41 Å². The first-order chi connectivity index (χ1) is 8.73. The predicted molar refractivity (Wildman–Crippen MR) is 75.8 cm³/mol. The van der Waals surface area contributed by atoms with Gasteiger partial charge in [0.15, 0.2) is 0 Å². The minimum absolute atomic E-state index is 0.144. The number of hydrogen-bond donors (Lipinski definition) is 1. The fraction of sp³-hybridized carbons (Fsp3) is 0.625. The standard InChI is InChI=1S/C16H25NO/c1-3-13(4-2)9-16(11-17)10-14-7-5-6-8-15(14)18-12-16/h5-8,13H,3-4,9-12,17H2,1-2H3. The molecule has 2 rings (SSSR count). The van der Waals surface area contributed by atoms with E-state index < -0.39 is 0 Å². The number of benzene rings is 1. The molecule has 0 saturated heterocycles. The highest BCUT2D eigenvalue weighted by atomic mass is 16.5. The lowest BCUT2D eigenvalue weighted by Crippen LogP contribution is -2.42. The van der Waals surface area contributed by atoms with Crippen molar-refractivity contribution in [2.45, 2.75) is 39.5 Å². The maximum Gasteiger partial charge on any atom is 0.122 e. The molecule has 1 aromatic carbocycles. The number of para-hydroxylation sites is 1. The molecule has 1 aromatic rings. The second-order valence-corrected chi connectivity index (χ2v) is 5.66. The topological polar surface area (TPSA) is 35.2 Å². The molecule has 1 unspecified atom stereocenters. The van der Waals surface area contributed by atoms with Crippen LogP contribution < -0.4 is 10.5 Å². The van der Waals surface area contributed by atoms with E-state index >= 15 is 0 Å². The van der Waals surface area contributed by atoms with Crippen molar-refractivity contribution in [2.75, 3.05) is 13.2 Å². The summed E-state index contributed by atoms with van der Waals surface area (Å²) in [6.45, 7) is 6.04. The van der Waals surface area contributed by atoms with Crippen molar-refractivity contribution in [3.05, 3.63) is 29.8 Å². The fourth-order valence-electron chi connectivity index (χ4n) is 3.01. The van der Waals surface area contributed by atoms with Gasteiger partial charge in [0, 0.05) is 12.0 Å². The van der Waals surface area contributed by atoms with Crippen LogP contribution in [0.4, 0.5) is 0 Å². The third-order valence-electron chi connectivity index (χ3n) is 4.38. The summed E-state index contributed by atoms with van der Waals surface area (Å²) < 4.78 is 5.94. The zero-order chi connectivity index (χ0) is 13.0. The quantitative estimate of drug-likeness (QED) is 0.865. The van der Waals surface area contributed by atoms with Gasteiger partial charge >= 0.3 is 0 Å². The first-order valence-corrected chi connectivity index (χ1v) is 7.14. The first kappa shape index (κ1) is 13.4. The first-order valence-electron chi connectivity index (χ1n) is 7.14. The zero-order valence-electron chi connectivity index (χ0n) is 11.6. The second kappa shape index (κ2) is 5.75. The van der Waals surface area contributed by atoms with Crippen LogP contribution in [0.5, 0.6) is 5.75 Å². The molecule has 0 spiro atoms. The predicted octanol–water partition coefficient (Wildman–Crippen LogP) is 3.39. The van der Waals surface area contributed by atoms with E-state index in [9.17, 15) is 0 Å². The molecule has 0 fully saturated rings. The van der Waals surface area contributed by atoms with Gasteiger partial charge in [-0.3, -0.25) is 0 Å². The fourth-order valence-corrected chi connectivity index (χ4v) is 3.01. The monoisotopic (exact) mass is 247 g/mol. The molecule has 0 bridgehead atoms. The van der Waals surface area contributed by atoms with Crippen molar-refractivity contribution in [1.29, 1.82) is 0 Å². The van der Waals surface area contributed by atoms with Gasteiger partial charge in [-0.2, -0.15) is 0 Å². The summed E-state index contributed by atoms with van der Waals surface area (Å²) in [4.78, 5) is 0. The van der Waals surface area contributed by atoms with E-state index in [4.69, 9.17) is 10.5 Å². The SMILES string of the molecule is CCC(CC)CC1(CN)COc2ccccc2C1. The Morgan fingerprint density at radius 3 is 2.67 bits per heavy atom. The van der Waals surface area contributed by atoms with E-state index in [1.54, 1.807) is 0 Å². The normalized spacial score (nSPS) is 22.7. The summed E-state index contributed by atoms with van der Waals surface area (Å²) in [5, 5.41) is 0. The molecule has 0 radical (unpaired) electrons. The van der Waals surface area contributed by atoms with Gasteiger partial charge in [-0.15, -0.1) is 0 Å². The summed E-state index contributed by atoms with van der Waals surface area (Å²) in [5.74, 6) is 1.81. The van der Waals surface area contributed by atoms with Crippen LogP contribution in [-0.2, 0) is 6.42 Å². The van der Waals surface area contributed by atoms with Crippen LogP contribution in [-0.4, -0.2) is 13.2 Å². The van der Waals surface area contributed by atoms with Gasteiger partial charge in [0.25, 0.3) is 0 Å². The molecule has 1 aliphatic rings. The smallest absolute Gasteiger partial charge is 0.122 e. The van der Waals surface area contributed by atoms with E-state index in [2.05, 4.69) is 32.0 Å². The van der Waals surface area contributed by atoms with Gasteiger partial charge in [-0.25, -0.2) is 0 Å². The van der Waals surface area contributed by atoms with E-state index in [1.165, 1.54) is 24.8 Å². The van der Waals surface area contributed by atoms with Crippen molar-refractivity contribution >= 4 is 0 Å². The largest absolute Gasteiger partial charge is 0.493 e. The molecular formula is C16H25NO. The number of rotatable bonds is 5. The Bertz CT molecular complexity index is 386. The molecular weight excluding hydrogens is 222 g/mol. The molecule has 0 saturated carbocycles. The van der Waals surface area contributed by atoms with Crippen molar-refractivity contribution in [3.8, 4) is 5.75 Å². The second-order valence-electron chi connectivity index (χ2n) is 5.66. The van der Waals surface area contributed by atoms with Crippen LogP contribution in [0.1, 0.15) is 38.7 Å². The number of ether oxygens (including phenoxy) is 1. The van der Waals surface area contributed by atoms with Crippen molar-refractivity contribution < 1.29 is 4.74 Å². The third kappa shape index (κ3) is 2.69. The van der Waals surface area contributed by atoms with Gasteiger partial charge in [0.2, 0.25) is 0 Å². The zero-order valence-corrected chi connectivity index (χ0v) is 11.6. The molecule has 100 valence electrons. The Kier molecular flexibility index (Phi) is 4.28. The Balaban J connectivity index is 2.16. The molecule has 18 heavy (non-hydrogen) atoms. The minimum atomic E-state index is 0.144. The minimum Gasteiger partial charge on any atom is -0.493 e. The van der Waals surface area contributed by atoms with E-state index in [1.807, 2.05) is 6.07 Å². The van der Waals surface area contributed by atoms with Crippen LogP contribution in [0.25, 0.3) is 0 Å². The Morgan fingerprint density at radius 2 is 2.00 bits per heavy atom. The maximum absolute atomic E-state index is 6.07. The molecule has 2 N–H and O–H groups in total. The summed E-state index contributed by atoms with van der Waals surface area (Å²) in [6.07, 6.45) is 4.72. The van der Waals surface area contributed by atoms with Crippen LogP contribution in [0.3, 0.4) is 0 Å². The van der Waals surface area contributed by atoms with Gasteiger partial charge in [0.05, 0.1) is 6.61 Å². The molecule has 0 amide bonds. The van der Waals surface area contributed by atoms with Gasteiger partial charge in [0.1, 0.15) is 5.75 Å². The molecule has 1 aliphatic heterocycles. The summed E-state index contributed by atoms with van der Waals surface area (Å²) in [5.41, 5.74) is 7.54. The van der Waals surface area contributed by atoms with E-state index in [0.29, 0.717) is 0 Å². The van der Waals surface area contributed by atoms with Crippen LogP contribution in [0.2, 0.25) is 0 Å².